The van der Waals surface area contributed by atoms with E-state index >= 15 is 0 Å². The Bertz CT molecular complexity index is 1390. The Hall–Kier alpha value is -0.520. The Morgan fingerprint density at radius 2 is 1.05 bits per heavy atom. The third kappa shape index (κ3) is 21.8. The predicted molar refractivity (Wildman–Crippen MR) is 336 cm³/mol. The van der Waals surface area contributed by atoms with E-state index in [1.54, 1.807) is 5.57 Å². The number of hydrogen-bond acceptors (Lipinski definition) is 0. The van der Waals surface area contributed by atoms with Crippen molar-refractivity contribution in [2.75, 3.05) is 0 Å². The van der Waals surface area contributed by atoms with Crippen molar-refractivity contribution >= 4 is 0 Å². The molecular weight excluding hydrogens is 889 g/mol. The van der Waals surface area contributed by atoms with Gasteiger partial charge in [-0.05, 0) is 210 Å². The van der Waals surface area contributed by atoms with Crippen LogP contribution in [0.25, 0.3) is 0 Å². The van der Waals surface area contributed by atoms with Crippen molar-refractivity contribution in [3.05, 3.63) is 23.8 Å². The average molecular weight is 1030 g/mol. The van der Waals surface area contributed by atoms with Crippen LogP contribution in [-0.4, -0.2) is 0 Å². The minimum absolute atomic E-state index is 0. The lowest BCUT2D eigenvalue weighted by Crippen LogP contribution is -2.39. The summed E-state index contributed by atoms with van der Waals surface area (Å²) in [6.07, 6.45) is 60.9. The molecule has 74 heavy (non-hydrogen) atoms. The molecule has 14 unspecified atom stereocenters. The molecule has 0 aromatic rings. The van der Waals surface area contributed by atoms with Crippen LogP contribution in [0.15, 0.2) is 23.8 Å². The monoisotopic (exact) mass is 1030 g/mol. The Labute approximate surface area is 469 Å². The van der Waals surface area contributed by atoms with Gasteiger partial charge in [-0.25, -0.2) is 0 Å². The topological polar surface area (TPSA) is 0 Å². The molecule has 0 nitrogen and oxygen atoms in total. The van der Waals surface area contributed by atoms with Crippen LogP contribution < -0.4 is 0 Å². The maximum atomic E-state index is 2.87. The van der Waals surface area contributed by atoms with Crippen LogP contribution >= 0.6 is 0 Å². The second-order valence-electron chi connectivity index (χ2n) is 28.3. The SMILES string of the molecule is C.C/C=C\C(CC(C(C)CC(C)C(CCC(C)CCC(CCC)C(C)CCCC)C(C1CCCC1)C1CCC(/C(C)=C/CCC)CC1)C1CCCCC1C(C)C(C)CCC(C)C1CCCCC1)C1CCCC1.CC. The molecule has 0 bridgehead atoms. The largest absolute Gasteiger partial charge is 0.0914 e. The maximum Gasteiger partial charge on any atom is -0.0202 e. The van der Waals surface area contributed by atoms with Gasteiger partial charge in [0.15, 0.2) is 0 Å². The maximum absolute atomic E-state index is 2.87. The van der Waals surface area contributed by atoms with E-state index in [4.69, 9.17) is 0 Å². The normalized spacial score (nSPS) is 27.7. The minimum atomic E-state index is 0. The Morgan fingerprint density at radius 1 is 0.486 bits per heavy atom. The van der Waals surface area contributed by atoms with Crippen molar-refractivity contribution in [2.45, 2.75) is 336 Å². The molecule has 0 radical (unpaired) electrons. The first-order valence-corrected chi connectivity index (χ1v) is 34.7. The van der Waals surface area contributed by atoms with E-state index in [1.807, 2.05) is 13.8 Å². The Balaban J connectivity index is 0.00000475. The van der Waals surface area contributed by atoms with Gasteiger partial charge in [0, 0.05) is 0 Å². The van der Waals surface area contributed by atoms with Gasteiger partial charge in [-0.3, -0.25) is 0 Å². The summed E-state index contributed by atoms with van der Waals surface area (Å²) in [5.41, 5.74) is 1.74. The molecule has 5 rings (SSSR count). The first-order chi connectivity index (χ1) is 35.4. The molecule has 0 amide bonds. The highest BCUT2D eigenvalue weighted by Crippen LogP contribution is 2.53. The first kappa shape index (κ1) is 67.8. The molecule has 0 heterocycles. The standard InChI is InChI=1S/C71H130.C2H6.CH4/c1-13-17-30-54(7)60(28-15-3)44-40-52(5)41-49-67(71(64-36-24-25-37-64)65-47-45-62(46-48-65)55(8)31-18-14-2)57(10)50-58(11)70(51-66(29-16-4)63-34-22-23-35-63)69-39-27-26-38-68(69)59(12)53(6)42-43-56(9)61-32-20-19-21-33-61;1-2;/h16,29,31,52-54,56-71H,13-15,17-28,30,32-51H2,1-12H3;1-2H3;1H4/b29-16-,55-31+;;. The lowest BCUT2D eigenvalue weighted by Gasteiger charge is -2.47. The zero-order valence-corrected chi connectivity index (χ0v) is 52.7. The summed E-state index contributed by atoms with van der Waals surface area (Å²) >= 11 is 0. The smallest absolute Gasteiger partial charge is 0.0202 e. The molecule has 0 aliphatic heterocycles. The molecular formula is C74H140. The summed E-state index contributed by atoms with van der Waals surface area (Å²) in [5.74, 6) is 17.2. The molecule has 0 spiro atoms. The molecule has 0 saturated heterocycles. The van der Waals surface area contributed by atoms with Crippen LogP contribution in [0.1, 0.15) is 336 Å². The molecule has 5 aliphatic rings. The highest BCUT2D eigenvalue weighted by atomic mass is 14.5. The Kier molecular flexibility index (Phi) is 35.0. The van der Waals surface area contributed by atoms with E-state index in [0.717, 1.165) is 112 Å². The highest BCUT2D eigenvalue weighted by molar-refractivity contribution is 5.06. The van der Waals surface area contributed by atoms with Crippen LogP contribution in [0, 0.1) is 112 Å². The second-order valence-corrected chi connectivity index (χ2v) is 28.3. The number of allylic oxidation sites excluding steroid dienone is 4. The van der Waals surface area contributed by atoms with Gasteiger partial charge < -0.3 is 0 Å². The van der Waals surface area contributed by atoms with Crippen LogP contribution in [0.2, 0.25) is 0 Å². The summed E-state index contributed by atoms with van der Waals surface area (Å²) < 4.78 is 0. The van der Waals surface area contributed by atoms with Crippen molar-refractivity contribution in [1.82, 2.24) is 0 Å². The van der Waals surface area contributed by atoms with Crippen LogP contribution in [-0.2, 0) is 0 Å². The predicted octanol–water partition coefficient (Wildman–Crippen LogP) is 25.2. The van der Waals surface area contributed by atoms with Crippen molar-refractivity contribution in [1.29, 1.82) is 0 Å². The van der Waals surface area contributed by atoms with Gasteiger partial charge in [-0.2, -0.15) is 0 Å². The number of rotatable bonds is 33. The minimum Gasteiger partial charge on any atom is -0.0914 e. The van der Waals surface area contributed by atoms with Crippen LogP contribution in [0.4, 0.5) is 0 Å². The van der Waals surface area contributed by atoms with E-state index in [1.165, 1.54) is 231 Å². The quantitative estimate of drug-likeness (QED) is 0.0575. The molecule has 0 aromatic heterocycles. The van der Waals surface area contributed by atoms with E-state index in [2.05, 4.69) is 101 Å². The molecule has 5 saturated carbocycles. The van der Waals surface area contributed by atoms with E-state index in [0.29, 0.717) is 0 Å². The van der Waals surface area contributed by atoms with E-state index < -0.39 is 0 Å². The van der Waals surface area contributed by atoms with Crippen LogP contribution in [0.5, 0.6) is 0 Å². The molecule has 5 fully saturated rings. The highest BCUT2D eigenvalue weighted by Gasteiger charge is 2.44. The number of unbranched alkanes of at least 4 members (excludes halogenated alkanes) is 2. The summed E-state index contributed by atoms with van der Waals surface area (Å²) in [6.45, 7) is 35.2. The zero-order chi connectivity index (χ0) is 53.1. The van der Waals surface area contributed by atoms with Crippen LogP contribution in [0.3, 0.4) is 0 Å². The van der Waals surface area contributed by atoms with Gasteiger partial charge in [-0.15, -0.1) is 0 Å². The second kappa shape index (κ2) is 38.2. The lowest BCUT2D eigenvalue weighted by molar-refractivity contribution is 0.0239. The van der Waals surface area contributed by atoms with Crippen molar-refractivity contribution < 1.29 is 0 Å². The number of hydrogen-bond donors (Lipinski definition) is 0. The molecule has 0 aromatic carbocycles. The van der Waals surface area contributed by atoms with Crippen molar-refractivity contribution in [3.8, 4) is 0 Å². The third-order valence-electron chi connectivity index (χ3n) is 23.4. The van der Waals surface area contributed by atoms with Gasteiger partial charge in [0.05, 0.1) is 0 Å². The fourth-order valence-corrected chi connectivity index (χ4v) is 18.4. The molecule has 5 aliphatic carbocycles. The zero-order valence-electron chi connectivity index (χ0n) is 52.7. The van der Waals surface area contributed by atoms with E-state index in [-0.39, 0.29) is 7.43 Å². The Morgan fingerprint density at radius 3 is 1.66 bits per heavy atom. The van der Waals surface area contributed by atoms with Gasteiger partial charge in [0.2, 0.25) is 0 Å². The molecule has 0 heteroatoms. The summed E-state index contributed by atoms with van der Waals surface area (Å²) in [6, 6.07) is 0. The fourth-order valence-electron chi connectivity index (χ4n) is 18.4. The first-order valence-electron chi connectivity index (χ1n) is 34.7. The van der Waals surface area contributed by atoms with Gasteiger partial charge in [0.25, 0.3) is 0 Å². The molecule has 0 N–H and O–H groups in total. The van der Waals surface area contributed by atoms with Gasteiger partial charge in [0.1, 0.15) is 0 Å². The van der Waals surface area contributed by atoms with Crippen molar-refractivity contribution in [3.63, 3.8) is 0 Å². The molecule has 436 valence electrons. The third-order valence-corrected chi connectivity index (χ3v) is 23.4. The van der Waals surface area contributed by atoms with Gasteiger partial charge >= 0.3 is 0 Å². The lowest BCUT2D eigenvalue weighted by atomic mass is 9.58. The summed E-state index contributed by atoms with van der Waals surface area (Å²) in [4.78, 5) is 0. The summed E-state index contributed by atoms with van der Waals surface area (Å²) in [5, 5.41) is 0. The van der Waals surface area contributed by atoms with Gasteiger partial charge in [-0.1, -0.05) is 262 Å². The fraction of sp³-hybridized carbons (Fsp3) is 0.946. The molecule has 14 atom stereocenters. The van der Waals surface area contributed by atoms with Crippen molar-refractivity contribution in [2.24, 2.45) is 112 Å². The summed E-state index contributed by atoms with van der Waals surface area (Å²) in [7, 11) is 0. The average Bonchev–Trinajstić information content (AvgIpc) is 4.17. The van der Waals surface area contributed by atoms with E-state index in [9.17, 15) is 0 Å².